The maximum absolute atomic E-state index is 14.6. The number of fused-ring (bicyclic) bond motifs is 1. The highest BCUT2D eigenvalue weighted by molar-refractivity contribution is 6.34. The number of hydrogen-bond donors (Lipinski definition) is 2. The van der Waals surface area contributed by atoms with Crippen molar-refractivity contribution < 1.29 is 28.2 Å². The molecule has 2 N–H and O–H groups in total. The molecule has 0 saturated heterocycles. The van der Waals surface area contributed by atoms with Gasteiger partial charge in [-0.05, 0) is 42.5 Å². The van der Waals surface area contributed by atoms with Gasteiger partial charge < -0.3 is 19.7 Å². The first kappa shape index (κ1) is 27.7. The predicted molar refractivity (Wildman–Crippen MR) is 148 cm³/mol. The number of halogens is 3. The molecule has 1 aromatic heterocycles. The monoisotopic (exact) mass is 567 g/mol. The fourth-order valence-electron chi connectivity index (χ4n) is 5.55. The molecule has 2 atom stereocenters. The molecule has 0 spiro atoms. The normalized spacial score (nSPS) is 15.6. The molecular weight excluding hydrogens is 540 g/mol. The second kappa shape index (κ2) is 11.7. The number of anilines is 1. The number of aromatic carboxylic acids is 1. The quantitative estimate of drug-likeness (QED) is 0.235. The third-order valence-corrected chi connectivity index (χ3v) is 7.76. The summed E-state index contributed by atoms with van der Waals surface area (Å²) in [5.41, 5.74) is 1.46. The fraction of sp³-hybridized carbons (Fsp3) is 0.300. The smallest absolute Gasteiger partial charge is 0.335 e. The van der Waals surface area contributed by atoms with Crippen molar-refractivity contribution in [3.05, 3.63) is 94.3 Å². The van der Waals surface area contributed by atoms with Crippen molar-refractivity contribution in [2.24, 2.45) is 5.92 Å². The highest BCUT2D eigenvalue weighted by Gasteiger charge is 2.36. The molecule has 1 amide bonds. The van der Waals surface area contributed by atoms with Crippen LogP contribution in [0.2, 0.25) is 5.02 Å². The van der Waals surface area contributed by atoms with Gasteiger partial charge in [-0.2, -0.15) is 0 Å². The molecule has 40 heavy (non-hydrogen) atoms. The summed E-state index contributed by atoms with van der Waals surface area (Å²) in [4.78, 5) is 30.2. The molecule has 1 fully saturated rings. The van der Waals surface area contributed by atoms with E-state index in [4.69, 9.17) is 16.3 Å². The number of ether oxygens (including phenoxy) is 1. The summed E-state index contributed by atoms with van der Waals surface area (Å²) in [6.07, 6.45) is 3.64. The number of nitrogens with one attached hydrogen (secondary N) is 1. The van der Waals surface area contributed by atoms with Crippen LogP contribution in [0, 0.1) is 17.6 Å². The Morgan fingerprint density at radius 3 is 2.40 bits per heavy atom. The van der Waals surface area contributed by atoms with Crippen LogP contribution < -0.4 is 5.32 Å². The Bertz CT molecular complexity index is 1550. The van der Waals surface area contributed by atoms with Crippen LogP contribution in [0.15, 0.2) is 60.7 Å². The Morgan fingerprint density at radius 2 is 1.75 bits per heavy atom. The van der Waals surface area contributed by atoms with Crippen molar-refractivity contribution in [2.45, 2.75) is 44.2 Å². The van der Waals surface area contributed by atoms with Crippen LogP contribution in [0.1, 0.15) is 66.0 Å². The van der Waals surface area contributed by atoms with Crippen LogP contribution in [-0.4, -0.2) is 33.6 Å². The Morgan fingerprint density at radius 1 is 1.05 bits per heavy atom. The Balaban J connectivity index is 1.68. The summed E-state index contributed by atoms with van der Waals surface area (Å²) >= 11 is 6.34. The molecule has 1 saturated carbocycles. The Labute approximate surface area is 234 Å². The summed E-state index contributed by atoms with van der Waals surface area (Å²) in [7, 11) is 1.52. The van der Waals surface area contributed by atoms with E-state index in [2.05, 4.69) is 10.3 Å². The number of carbonyl (C=O) groups excluding carboxylic acids is 1. The molecule has 0 bridgehead atoms. The highest BCUT2D eigenvalue weighted by atomic mass is 35.5. The SMILES string of the molecule is CO[C@@H](c1ccccc1)c1nc2cc(F)c(F)cc2n1C(C(=O)Nc1ccc(C(=O)O)cc1Cl)C1CCCCC1. The van der Waals surface area contributed by atoms with Crippen molar-refractivity contribution in [3.8, 4) is 0 Å². The van der Waals surface area contributed by atoms with Crippen LogP contribution in [0.5, 0.6) is 0 Å². The van der Waals surface area contributed by atoms with Crippen molar-refractivity contribution >= 4 is 40.2 Å². The number of amides is 1. The number of nitrogens with zero attached hydrogens (tertiary/aromatic N) is 2. The van der Waals surface area contributed by atoms with E-state index in [0.29, 0.717) is 5.82 Å². The molecule has 0 radical (unpaired) electrons. The minimum atomic E-state index is -1.14. The van der Waals surface area contributed by atoms with E-state index in [1.54, 1.807) is 4.57 Å². The molecule has 1 unspecified atom stereocenters. The number of carbonyl (C=O) groups is 2. The minimum absolute atomic E-state index is 0.0157. The van der Waals surface area contributed by atoms with Crippen molar-refractivity contribution in [1.82, 2.24) is 9.55 Å². The molecule has 7 nitrogen and oxygen atoms in total. The fourth-order valence-corrected chi connectivity index (χ4v) is 5.78. The number of carboxylic acids is 1. The number of imidazole rings is 1. The van der Waals surface area contributed by atoms with Gasteiger partial charge in [-0.25, -0.2) is 18.6 Å². The first-order valence-electron chi connectivity index (χ1n) is 13.1. The average molecular weight is 568 g/mol. The lowest BCUT2D eigenvalue weighted by Crippen LogP contribution is -2.35. The Hall–Kier alpha value is -3.82. The second-order valence-electron chi connectivity index (χ2n) is 9.95. The Kier molecular flexibility index (Phi) is 8.14. The van der Waals surface area contributed by atoms with Crippen LogP contribution in [-0.2, 0) is 9.53 Å². The van der Waals surface area contributed by atoms with Gasteiger partial charge in [0.05, 0.1) is 27.3 Å². The van der Waals surface area contributed by atoms with Gasteiger partial charge >= 0.3 is 5.97 Å². The van der Waals surface area contributed by atoms with E-state index < -0.39 is 35.7 Å². The first-order valence-corrected chi connectivity index (χ1v) is 13.4. The number of hydrogen-bond acceptors (Lipinski definition) is 4. The predicted octanol–water partition coefficient (Wildman–Crippen LogP) is 7.16. The zero-order valence-electron chi connectivity index (χ0n) is 21.7. The molecule has 3 aromatic carbocycles. The third kappa shape index (κ3) is 5.44. The number of methoxy groups -OCH3 is 1. The topological polar surface area (TPSA) is 93.5 Å². The van der Waals surface area contributed by atoms with E-state index >= 15 is 0 Å². The standard InChI is InChI=1S/C30H28ClF2N3O4/c1-40-27(18-10-6-3-7-11-18)28-34-24-15-21(32)22(33)16-25(24)36(28)26(17-8-4-2-5-9-17)29(37)35-23-13-12-19(30(38)39)14-20(23)31/h3,6-7,10-17,26-27H,2,4-5,8-9H2,1H3,(H,35,37)(H,38,39)/t26?,27-/m0/s1. The van der Waals surface area contributed by atoms with E-state index in [-0.39, 0.29) is 33.2 Å². The summed E-state index contributed by atoms with van der Waals surface area (Å²) in [6, 6.07) is 14.6. The maximum atomic E-state index is 14.6. The van der Waals surface area contributed by atoms with Gasteiger partial charge in [0.2, 0.25) is 5.91 Å². The van der Waals surface area contributed by atoms with Gasteiger partial charge in [-0.15, -0.1) is 0 Å². The van der Waals surface area contributed by atoms with Gasteiger partial charge in [-0.3, -0.25) is 4.79 Å². The first-order chi connectivity index (χ1) is 19.3. The largest absolute Gasteiger partial charge is 0.478 e. The van der Waals surface area contributed by atoms with Crippen LogP contribution in [0.25, 0.3) is 11.0 Å². The molecule has 1 aliphatic rings. The van der Waals surface area contributed by atoms with Crippen LogP contribution in [0.4, 0.5) is 14.5 Å². The highest BCUT2D eigenvalue weighted by Crippen LogP contribution is 2.40. The maximum Gasteiger partial charge on any atom is 0.335 e. The minimum Gasteiger partial charge on any atom is -0.478 e. The zero-order chi connectivity index (χ0) is 28.4. The van der Waals surface area contributed by atoms with E-state index in [9.17, 15) is 23.5 Å². The zero-order valence-corrected chi connectivity index (χ0v) is 22.5. The van der Waals surface area contributed by atoms with Crippen molar-refractivity contribution in [3.63, 3.8) is 0 Å². The van der Waals surface area contributed by atoms with Gasteiger partial charge in [0.1, 0.15) is 18.0 Å². The number of aromatic nitrogens is 2. The summed E-state index contributed by atoms with van der Waals surface area (Å²) in [6.45, 7) is 0. The van der Waals surface area contributed by atoms with E-state index in [0.717, 1.165) is 49.8 Å². The number of benzene rings is 3. The number of carboxylic acid groups (broad SMARTS) is 1. The molecule has 5 rings (SSSR count). The third-order valence-electron chi connectivity index (χ3n) is 7.45. The van der Waals surface area contributed by atoms with Gasteiger partial charge in [-0.1, -0.05) is 61.2 Å². The molecule has 10 heteroatoms. The van der Waals surface area contributed by atoms with Crippen molar-refractivity contribution in [1.29, 1.82) is 0 Å². The van der Waals surface area contributed by atoms with Crippen molar-refractivity contribution in [2.75, 3.05) is 12.4 Å². The molecular formula is C30H28ClF2N3O4. The summed E-state index contributed by atoms with van der Waals surface area (Å²) in [5.74, 6) is -3.46. The number of rotatable bonds is 8. The molecule has 1 aliphatic carbocycles. The van der Waals surface area contributed by atoms with E-state index in [1.165, 1.54) is 25.3 Å². The molecule has 4 aromatic rings. The second-order valence-corrected chi connectivity index (χ2v) is 10.4. The molecule has 1 heterocycles. The molecule has 208 valence electrons. The van der Waals surface area contributed by atoms with Gasteiger partial charge in [0.15, 0.2) is 11.6 Å². The summed E-state index contributed by atoms with van der Waals surface area (Å²) < 4.78 is 36.5. The molecule has 0 aliphatic heterocycles. The van der Waals surface area contributed by atoms with Gasteiger partial charge in [0, 0.05) is 19.2 Å². The van der Waals surface area contributed by atoms with E-state index in [1.807, 2.05) is 30.3 Å². The van der Waals surface area contributed by atoms with Crippen LogP contribution in [0.3, 0.4) is 0 Å². The van der Waals surface area contributed by atoms with Gasteiger partial charge in [0.25, 0.3) is 0 Å². The lowest BCUT2D eigenvalue weighted by Gasteiger charge is -2.33. The average Bonchev–Trinajstić information content (AvgIpc) is 3.28. The lowest BCUT2D eigenvalue weighted by molar-refractivity contribution is -0.121. The van der Waals surface area contributed by atoms with Crippen LogP contribution >= 0.6 is 11.6 Å². The lowest BCUT2D eigenvalue weighted by atomic mass is 9.83. The summed E-state index contributed by atoms with van der Waals surface area (Å²) in [5, 5.41) is 12.2.